The summed E-state index contributed by atoms with van der Waals surface area (Å²) in [5, 5.41) is 10.7. The van der Waals surface area contributed by atoms with Crippen LogP contribution in [0.3, 0.4) is 0 Å². The highest BCUT2D eigenvalue weighted by Gasteiger charge is 2.20. The first-order chi connectivity index (χ1) is 12.8. The molecule has 0 saturated heterocycles. The van der Waals surface area contributed by atoms with Crippen LogP contribution in [0.5, 0.6) is 5.75 Å². The molecule has 0 spiro atoms. The topological polar surface area (TPSA) is 45.4 Å². The number of nitriles is 1. The second kappa shape index (κ2) is 7.55. The summed E-state index contributed by atoms with van der Waals surface area (Å²) < 4.78 is 5.30. The first-order valence-electron chi connectivity index (χ1n) is 8.64. The van der Waals surface area contributed by atoms with Gasteiger partial charge in [-0.3, -0.25) is 4.99 Å². The molecule has 1 aromatic heterocycles. The third-order valence-corrected chi connectivity index (χ3v) is 5.48. The van der Waals surface area contributed by atoms with Gasteiger partial charge in [0.2, 0.25) is 0 Å². The molecular weight excluding hydrogens is 340 g/mol. The molecule has 2 aromatic carbocycles. The summed E-state index contributed by atoms with van der Waals surface area (Å²) in [7, 11) is 0. The minimum atomic E-state index is 0.0728. The Hall–Kier alpha value is -2.90. The summed E-state index contributed by atoms with van der Waals surface area (Å²) in [4.78, 5) is 6.22. The molecule has 0 bridgehead atoms. The Morgan fingerprint density at radius 3 is 2.42 bits per heavy atom. The van der Waals surface area contributed by atoms with E-state index in [0.717, 1.165) is 18.4 Å². The molecule has 26 heavy (non-hydrogen) atoms. The Balaban J connectivity index is 1.48. The maximum atomic E-state index is 8.56. The van der Waals surface area contributed by atoms with Gasteiger partial charge in [0.05, 0.1) is 11.8 Å². The van der Waals surface area contributed by atoms with Crippen molar-refractivity contribution in [1.82, 2.24) is 0 Å². The van der Waals surface area contributed by atoms with Crippen LogP contribution in [0.25, 0.3) is 11.1 Å². The molecule has 0 fully saturated rings. The maximum Gasteiger partial charge on any atom is 0.174 e. The number of hydrogen-bond donors (Lipinski definition) is 0. The molecule has 4 heteroatoms. The van der Waals surface area contributed by atoms with Gasteiger partial charge in [-0.2, -0.15) is 5.26 Å². The number of benzene rings is 2. The van der Waals surface area contributed by atoms with Crippen LogP contribution in [0.4, 0.5) is 0 Å². The highest BCUT2D eigenvalue weighted by molar-refractivity contribution is 7.12. The van der Waals surface area contributed by atoms with E-state index in [9.17, 15) is 0 Å². The zero-order valence-corrected chi connectivity index (χ0v) is 15.1. The second-order valence-corrected chi connectivity index (χ2v) is 7.15. The lowest BCUT2D eigenvalue weighted by molar-refractivity contribution is 0.368. The maximum absolute atomic E-state index is 8.56. The molecule has 128 valence electrons. The zero-order chi connectivity index (χ0) is 17.8. The molecule has 0 radical (unpaired) electrons. The van der Waals surface area contributed by atoms with Crippen LogP contribution in [0.2, 0.25) is 0 Å². The van der Waals surface area contributed by atoms with E-state index in [1.54, 1.807) is 11.3 Å². The van der Waals surface area contributed by atoms with E-state index >= 15 is 0 Å². The summed E-state index contributed by atoms with van der Waals surface area (Å²) in [6.45, 7) is 0.0728. The Labute approximate surface area is 157 Å². The summed E-state index contributed by atoms with van der Waals surface area (Å²) >= 11 is 1.76. The van der Waals surface area contributed by atoms with Gasteiger partial charge in [0.1, 0.15) is 11.8 Å². The van der Waals surface area contributed by atoms with Crippen LogP contribution < -0.4 is 4.74 Å². The molecule has 1 aliphatic rings. The molecule has 0 aliphatic carbocycles. The van der Waals surface area contributed by atoms with E-state index in [0.29, 0.717) is 5.75 Å². The predicted molar refractivity (Wildman–Crippen MR) is 106 cm³/mol. The van der Waals surface area contributed by atoms with Crippen molar-refractivity contribution in [2.75, 3.05) is 6.61 Å². The highest BCUT2D eigenvalue weighted by Crippen LogP contribution is 2.33. The van der Waals surface area contributed by atoms with Crippen LogP contribution in [-0.2, 0) is 0 Å². The summed E-state index contributed by atoms with van der Waals surface area (Å²) in [6.07, 6.45) is 2.13. The van der Waals surface area contributed by atoms with Gasteiger partial charge in [0.25, 0.3) is 0 Å². The van der Waals surface area contributed by atoms with Gasteiger partial charge in [-0.1, -0.05) is 42.5 Å². The van der Waals surface area contributed by atoms with E-state index in [2.05, 4.69) is 41.8 Å². The fraction of sp³-hybridized carbons (Fsp3) is 0.182. The van der Waals surface area contributed by atoms with Gasteiger partial charge in [0.15, 0.2) is 6.61 Å². The fourth-order valence-electron chi connectivity index (χ4n) is 3.22. The molecule has 1 aliphatic heterocycles. The van der Waals surface area contributed by atoms with Crippen molar-refractivity contribution in [3.63, 3.8) is 0 Å². The van der Waals surface area contributed by atoms with Crippen LogP contribution >= 0.6 is 11.3 Å². The first-order valence-corrected chi connectivity index (χ1v) is 9.52. The molecule has 3 nitrogen and oxygen atoms in total. The summed E-state index contributed by atoms with van der Waals surface area (Å²) in [5.74, 6) is 0.716. The highest BCUT2D eigenvalue weighted by atomic mass is 32.1. The number of thiophene rings is 1. The van der Waals surface area contributed by atoms with Gasteiger partial charge in [0, 0.05) is 4.88 Å². The van der Waals surface area contributed by atoms with Crippen LogP contribution in [0.1, 0.15) is 29.3 Å². The number of rotatable bonds is 5. The Morgan fingerprint density at radius 1 is 1.04 bits per heavy atom. The monoisotopic (exact) mass is 358 g/mol. The quantitative estimate of drug-likeness (QED) is 0.592. The smallest absolute Gasteiger partial charge is 0.174 e. The molecule has 1 unspecified atom stereocenters. The van der Waals surface area contributed by atoms with Gasteiger partial charge >= 0.3 is 0 Å². The van der Waals surface area contributed by atoms with E-state index in [-0.39, 0.29) is 12.6 Å². The van der Waals surface area contributed by atoms with Crippen molar-refractivity contribution in [2.24, 2.45) is 4.99 Å². The summed E-state index contributed by atoms with van der Waals surface area (Å²) in [6, 6.07) is 23.0. The van der Waals surface area contributed by atoms with E-state index in [1.165, 1.54) is 21.7 Å². The lowest BCUT2D eigenvalue weighted by Gasteiger charge is -2.09. The Kier molecular flexibility index (Phi) is 4.81. The first kappa shape index (κ1) is 16.6. The van der Waals surface area contributed by atoms with Crippen molar-refractivity contribution in [3.8, 4) is 22.9 Å². The summed E-state index contributed by atoms with van der Waals surface area (Å²) in [5.41, 5.74) is 4.81. The molecule has 4 rings (SSSR count). The molecular formula is C22H18N2OS. The van der Waals surface area contributed by atoms with E-state index in [1.807, 2.05) is 30.3 Å². The average molecular weight is 358 g/mol. The third kappa shape index (κ3) is 3.54. The van der Waals surface area contributed by atoms with Gasteiger partial charge in [-0.05, 0) is 53.1 Å². The Morgan fingerprint density at radius 2 is 1.77 bits per heavy atom. The SMILES string of the molecule is N#CCOc1ccc(-c2ccc(C3CCC(c4cccs4)=N3)cc2)cc1. The van der Waals surface area contributed by atoms with Crippen molar-refractivity contribution < 1.29 is 4.74 Å². The predicted octanol–water partition coefficient (Wildman–Crippen LogP) is 5.64. The fourth-order valence-corrected chi connectivity index (χ4v) is 3.97. The molecule has 0 amide bonds. The number of aliphatic imine (C=N–C) groups is 1. The standard InChI is InChI=1S/C22H18N2OS/c23-13-14-25-19-9-7-17(8-10-19)16-3-5-18(6-4-16)20-11-12-21(24-20)22-2-1-15-26-22/h1-10,15,20H,11-12,14H2. The number of ether oxygens (including phenoxy) is 1. The lowest BCUT2D eigenvalue weighted by Crippen LogP contribution is -1.93. The molecule has 0 saturated carbocycles. The van der Waals surface area contributed by atoms with Crippen molar-refractivity contribution in [3.05, 3.63) is 76.5 Å². The second-order valence-electron chi connectivity index (χ2n) is 6.20. The van der Waals surface area contributed by atoms with Gasteiger partial charge in [-0.15, -0.1) is 11.3 Å². The molecule has 0 N–H and O–H groups in total. The largest absolute Gasteiger partial charge is 0.479 e. The number of nitrogens with zero attached hydrogens (tertiary/aromatic N) is 2. The minimum absolute atomic E-state index is 0.0728. The van der Waals surface area contributed by atoms with Gasteiger partial charge < -0.3 is 4.74 Å². The molecule has 2 heterocycles. The van der Waals surface area contributed by atoms with Gasteiger partial charge in [-0.25, -0.2) is 0 Å². The van der Waals surface area contributed by atoms with E-state index in [4.69, 9.17) is 15.0 Å². The van der Waals surface area contributed by atoms with Crippen molar-refractivity contribution >= 4 is 17.0 Å². The lowest BCUT2D eigenvalue weighted by atomic mass is 9.99. The van der Waals surface area contributed by atoms with Crippen LogP contribution in [-0.4, -0.2) is 12.3 Å². The third-order valence-electron chi connectivity index (χ3n) is 4.56. The molecule has 3 aromatic rings. The average Bonchev–Trinajstić information content (AvgIpc) is 3.38. The van der Waals surface area contributed by atoms with Crippen molar-refractivity contribution in [1.29, 1.82) is 5.26 Å². The zero-order valence-electron chi connectivity index (χ0n) is 14.3. The number of hydrogen-bond acceptors (Lipinski definition) is 4. The van der Waals surface area contributed by atoms with Crippen LogP contribution in [0.15, 0.2) is 71.0 Å². The molecule has 1 atom stereocenters. The minimum Gasteiger partial charge on any atom is -0.479 e. The van der Waals surface area contributed by atoms with E-state index < -0.39 is 0 Å². The Bertz CT molecular complexity index is 935. The normalized spacial score (nSPS) is 16.1. The van der Waals surface area contributed by atoms with Crippen LogP contribution in [0, 0.1) is 11.3 Å². The van der Waals surface area contributed by atoms with Crippen molar-refractivity contribution in [2.45, 2.75) is 18.9 Å².